The third kappa shape index (κ3) is 5.79. The van der Waals surface area contributed by atoms with E-state index in [1.807, 2.05) is 37.3 Å². The Morgan fingerprint density at radius 1 is 1.10 bits per heavy atom. The van der Waals surface area contributed by atoms with Gasteiger partial charge in [-0.2, -0.15) is 0 Å². The lowest BCUT2D eigenvalue weighted by Gasteiger charge is -2.26. The van der Waals surface area contributed by atoms with E-state index in [0.717, 1.165) is 24.9 Å². The van der Waals surface area contributed by atoms with Crippen LogP contribution < -0.4 is 5.32 Å². The summed E-state index contributed by atoms with van der Waals surface area (Å²) in [5.74, 6) is 0.675. The summed E-state index contributed by atoms with van der Waals surface area (Å²) < 4.78 is 25.1. The molecule has 1 aromatic rings. The van der Waals surface area contributed by atoms with E-state index in [9.17, 15) is 8.42 Å². The minimum atomic E-state index is -3.10. The molecular weight excluding hydrogens is 282 g/mol. The number of sulfone groups is 1. The van der Waals surface area contributed by atoms with E-state index in [2.05, 4.69) is 26.1 Å². The average molecular weight is 311 g/mol. The van der Waals surface area contributed by atoms with Crippen molar-refractivity contribution >= 4 is 9.84 Å². The fraction of sp³-hybridized carbons (Fsp3) is 0.647. The van der Waals surface area contributed by atoms with E-state index in [1.165, 1.54) is 0 Å². The number of nitrogens with one attached hydrogen (secondary N) is 1. The molecule has 0 radical (unpaired) electrons. The molecule has 120 valence electrons. The van der Waals surface area contributed by atoms with Crippen LogP contribution in [0, 0.1) is 5.92 Å². The number of benzene rings is 1. The number of hydrogen-bond donors (Lipinski definition) is 1. The standard InChI is InChI=1S/C17H29NO2S/c1-5-12-18-17(16-9-7-6-8-10-16)15(4)21(19,20)13-11-14(2)3/h6-10,14-15,17-18H,5,11-13H2,1-4H3. The third-order valence-corrected chi connectivity index (χ3v) is 6.00. The van der Waals surface area contributed by atoms with Crippen LogP contribution in [-0.4, -0.2) is 26.0 Å². The fourth-order valence-corrected chi connectivity index (χ4v) is 4.15. The largest absolute Gasteiger partial charge is 0.309 e. The van der Waals surface area contributed by atoms with Gasteiger partial charge < -0.3 is 5.32 Å². The van der Waals surface area contributed by atoms with E-state index >= 15 is 0 Å². The smallest absolute Gasteiger partial charge is 0.154 e. The summed E-state index contributed by atoms with van der Waals surface area (Å²) in [6.45, 7) is 8.86. The van der Waals surface area contributed by atoms with E-state index in [-0.39, 0.29) is 11.8 Å². The molecule has 0 aromatic heterocycles. The second kappa shape index (κ2) is 8.54. The van der Waals surface area contributed by atoms with Gasteiger partial charge in [-0.15, -0.1) is 0 Å². The second-order valence-corrected chi connectivity index (χ2v) is 8.57. The van der Waals surface area contributed by atoms with Gasteiger partial charge in [-0.3, -0.25) is 0 Å². The molecule has 0 bridgehead atoms. The minimum absolute atomic E-state index is 0.136. The van der Waals surface area contributed by atoms with Crippen LogP contribution in [0.25, 0.3) is 0 Å². The first-order valence-corrected chi connectivity index (χ1v) is 9.60. The Bertz CT molecular complexity index is 497. The predicted molar refractivity (Wildman–Crippen MR) is 90.2 cm³/mol. The van der Waals surface area contributed by atoms with Crippen LogP contribution in [0.5, 0.6) is 0 Å². The monoisotopic (exact) mass is 311 g/mol. The van der Waals surface area contributed by atoms with Gasteiger partial charge in [-0.1, -0.05) is 51.1 Å². The van der Waals surface area contributed by atoms with E-state index in [1.54, 1.807) is 0 Å². The summed E-state index contributed by atoms with van der Waals surface area (Å²) in [5.41, 5.74) is 1.05. The molecule has 0 amide bonds. The van der Waals surface area contributed by atoms with Gasteiger partial charge in [0.25, 0.3) is 0 Å². The minimum Gasteiger partial charge on any atom is -0.309 e. The molecule has 3 nitrogen and oxygen atoms in total. The quantitative estimate of drug-likeness (QED) is 0.758. The molecule has 4 heteroatoms. The van der Waals surface area contributed by atoms with Crippen LogP contribution in [0.1, 0.15) is 52.1 Å². The zero-order valence-corrected chi connectivity index (χ0v) is 14.5. The zero-order valence-electron chi connectivity index (χ0n) is 13.7. The molecule has 0 fully saturated rings. The van der Waals surface area contributed by atoms with E-state index in [4.69, 9.17) is 0 Å². The first-order valence-electron chi connectivity index (χ1n) is 7.88. The Morgan fingerprint density at radius 2 is 1.71 bits per heavy atom. The van der Waals surface area contributed by atoms with Crippen LogP contribution >= 0.6 is 0 Å². The summed E-state index contributed by atoms with van der Waals surface area (Å²) in [5, 5.41) is 2.99. The van der Waals surface area contributed by atoms with Crippen molar-refractivity contribution in [2.45, 2.75) is 51.8 Å². The highest BCUT2D eigenvalue weighted by atomic mass is 32.2. The van der Waals surface area contributed by atoms with Gasteiger partial charge >= 0.3 is 0 Å². The topological polar surface area (TPSA) is 46.2 Å². The van der Waals surface area contributed by atoms with E-state index < -0.39 is 15.1 Å². The van der Waals surface area contributed by atoms with Gasteiger partial charge in [0, 0.05) is 6.04 Å². The highest BCUT2D eigenvalue weighted by molar-refractivity contribution is 7.92. The molecule has 1 N–H and O–H groups in total. The molecule has 0 heterocycles. The maximum absolute atomic E-state index is 12.6. The van der Waals surface area contributed by atoms with Crippen LogP contribution in [0.3, 0.4) is 0 Å². The van der Waals surface area contributed by atoms with Crippen LogP contribution in [0.15, 0.2) is 30.3 Å². The SMILES string of the molecule is CCCNC(c1ccccc1)C(C)S(=O)(=O)CCC(C)C. The maximum Gasteiger partial charge on any atom is 0.154 e. The Morgan fingerprint density at radius 3 is 2.24 bits per heavy atom. The molecule has 0 spiro atoms. The summed E-state index contributed by atoms with van der Waals surface area (Å²) in [4.78, 5) is 0. The average Bonchev–Trinajstić information content (AvgIpc) is 2.46. The predicted octanol–water partition coefficient (Wildman–Crippen LogP) is 3.58. The maximum atomic E-state index is 12.6. The van der Waals surface area contributed by atoms with Gasteiger partial charge in [-0.25, -0.2) is 8.42 Å². The number of rotatable bonds is 9. The molecule has 1 rings (SSSR count). The third-order valence-electron chi connectivity index (χ3n) is 3.79. The molecule has 2 unspecified atom stereocenters. The lowest BCUT2D eigenvalue weighted by Crippen LogP contribution is -2.37. The Kier molecular flexibility index (Phi) is 7.40. The Labute approximate surface area is 130 Å². The van der Waals surface area contributed by atoms with Crippen molar-refractivity contribution in [2.24, 2.45) is 5.92 Å². The Hall–Kier alpha value is -0.870. The fourth-order valence-electron chi connectivity index (χ4n) is 2.31. The van der Waals surface area contributed by atoms with Gasteiger partial charge in [0.1, 0.15) is 0 Å². The van der Waals surface area contributed by atoms with Crippen molar-refractivity contribution in [1.82, 2.24) is 5.32 Å². The van der Waals surface area contributed by atoms with Gasteiger partial charge in [0.05, 0.1) is 11.0 Å². The Balaban J connectivity index is 2.92. The second-order valence-electron chi connectivity index (χ2n) is 6.10. The molecular formula is C17H29NO2S. The van der Waals surface area contributed by atoms with Crippen LogP contribution in [0.4, 0.5) is 0 Å². The highest BCUT2D eigenvalue weighted by Crippen LogP contribution is 2.23. The lowest BCUT2D eigenvalue weighted by molar-refractivity contribution is 0.494. The number of hydrogen-bond acceptors (Lipinski definition) is 3. The highest BCUT2D eigenvalue weighted by Gasteiger charge is 2.29. The normalized spacial score (nSPS) is 15.1. The van der Waals surface area contributed by atoms with Crippen molar-refractivity contribution in [3.05, 3.63) is 35.9 Å². The summed E-state index contributed by atoms with van der Waals surface area (Å²) in [7, 11) is -3.10. The lowest BCUT2D eigenvalue weighted by atomic mass is 10.0. The first kappa shape index (κ1) is 18.2. The van der Waals surface area contributed by atoms with E-state index in [0.29, 0.717) is 5.92 Å². The van der Waals surface area contributed by atoms with Gasteiger partial charge in [-0.05, 0) is 37.8 Å². The summed E-state index contributed by atoms with van der Waals surface area (Å²) in [6.07, 6.45) is 1.71. The van der Waals surface area contributed by atoms with Crippen molar-refractivity contribution < 1.29 is 8.42 Å². The van der Waals surface area contributed by atoms with Crippen molar-refractivity contribution in [3.63, 3.8) is 0 Å². The molecule has 0 saturated heterocycles. The van der Waals surface area contributed by atoms with Gasteiger partial charge in [0.2, 0.25) is 0 Å². The molecule has 0 saturated carbocycles. The van der Waals surface area contributed by atoms with Crippen LogP contribution in [0.2, 0.25) is 0 Å². The summed E-state index contributed by atoms with van der Waals surface area (Å²) >= 11 is 0. The molecule has 0 aliphatic rings. The first-order chi connectivity index (χ1) is 9.88. The van der Waals surface area contributed by atoms with Crippen molar-refractivity contribution in [2.75, 3.05) is 12.3 Å². The van der Waals surface area contributed by atoms with Crippen molar-refractivity contribution in [3.8, 4) is 0 Å². The molecule has 0 aliphatic carbocycles. The zero-order chi connectivity index (χ0) is 15.9. The van der Waals surface area contributed by atoms with Crippen molar-refractivity contribution in [1.29, 1.82) is 0 Å². The molecule has 1 aromatic carbocycles. The molecule has 2 atom stereocenters. The molecule has 21 heavy (non-hydrogen) atoms. The van der Waals surface area contributed by atoms with Gasteiger partial charge in [0.15, 0.2) is 9.84 Å². The summed E-state index contributed by atoms with van der Waals surface area (Å²) in [6, 6.07) is 9.75. The van der Waals surface area contributed by atoms with Crippen LogP contribution in [-0.2, 0) is 9.84 Å². The molecule has 0 aliphatic heterocycles.